The van der Waals surface area contributed by atoms with Gasteiger partial charge in [0.05, 0.1) is 5.92 Å². The molecule has 1 atom stereocenters. The van der Waals surface area contributed by atoms with E-state index in [9.17, 15) is 14.4 Å². The zero-order valence-electron chi connectivity index (χ0n) is 10.9. The van der Waals surface area contributed by atoms with Crippen molar-refractivity contribution in [3.8, 4) is 0 Å². The van der Waals surface area contributed by atoms with Gasteiger partial charge in [0.25, 0.3) is 0 Å². The molecule has 0 radical (unpaired) electrons. The SMILES string of the molecule is C=C(C)C(=O)C(C)COC(=O)CCCCC(=O)O. The highest BCUT2D eigenvalue weighted by Gasteiger charge is 2.15. The Morgan fingerprint density at radius 1 is 1.22 bits per heavy atom. The number of esters is 1. The number of unbranched alkanes of at least 4 members (excludes halogenated alkanes) is 1. The molecule has 5 nitrogen and oxygen atoms in total. The van der Waals surface area contributed by atoms with Crippen LogP contribution in [0.25, 0.3) is 0 Å². The number of aliphatic carboxylic acids is 1. The Morgan fingerprint density at radius 2 is 1.78 bits per heavy atom. The van der Waals surface area contributed by atoms with Gasteiger partial charge >= 0.3 is 11.9 Å². The quantitative estimate of drug-likeness (QED) is 0.387. The van der Waals surface area contributed by atoms with Crippen molar-refractivity contribution in [1.29, 1.82) is 0 Å². The highest BCUT2D eigenvalue weighted by Crippen LogP contribution is 2.07. The molecule has 0 fully saturated rings. The molecule has 0 aliphatic rings. The maximum Gasteiger partial charge on any atom is 0.305 e. The maximum absolute atomic E-state index is 11.4. The van der Waals surface area contributed by atoms with E-state index in [-0.39, 0.29) is 31.1 Å². The molecule has 0 aliphatic heterocycles. The van der Waals surface area contributed by atoms with Crippen LogP contribution in [-0.4, -0.2) is 29.4 Å². The molecule has 0 aliphatic carbocycles. The summed E-state index contributed by atoms with van der Waals surface area (Å²) in [7, 11) is 0. The van der Waals surface area contributed by atoms with E-state index in [2.05, 4.69) is 6.58 Å². The molecule has 5 heteroatoms. The van der Waals surface area contributed by atoms with Crippen LogP contribution in [0.2, 0.25) is 0 Å². The third kappa shape index (κ3) is 7.60. The Labute approximate surface area is 107 Å². The second kappa shape index (κ2) is 8.44. The fourth-order valence-corrected chi connectivity index (χ4v) is 1.33. The summed E-state index contributed by atoms with van der Waals surface area (Å²) >= 11 is 0. The van der Waals surface area contributed by atoms with Crippen molar-refractivity contribution in [3.63, 3.8) is 0 Å². The monoisotopic (exact) mass is 256 g/mol. The molecule has 0 aromatic heterocycles. The minimum Gasteiger partial charge on any atom is -0.481 e. The fourth-order valence-electron chi connectivity index (χ4n) is 1.33. The number of Topliss-reactive ketones (excluding diaryl/α,β-unsaturated/α-hetero) is 1. The number of carbonyl (C=O) groups is 3. The molecule has 102 valence electrons. The van der Waals surface area contributed by atoms with Gasteiger partial charge in [0.15, 0.2) is 5.78 Å². The zero-order valence-corrected chi connectivity index (χ0v) is 10.9. The summed E-state index contributed by atoms with van der Waals surface area (Å²) < 4.78 is 4.93. The molecule has 0 amide bonds. The third-order valence-corrected chi connectivity index (χ3v) is 2.38. The lowest BCUT2D eigenvalue weighted by Crippen LogP contribution is -2.20. The number of ether oxygens (including phenoxy) is 1. The van der Waals surface area contributed by atoms with Crippen LogP contribution in [0.4, 0.5) is 0 Å². The number of hydrogen-bond acceptors (Lipinski definition) is 4. The highest BCUT2D eigenvalue weighted by atomic mass is 16.5. The maximum atomic E-state index is 11.4. The number of carboxylic acids is 1. The van der Waals surface area contributed by atoms with Gasteiger partial charge in [-0.05, 0) is 25.3 Å². The van der Waals surface area contributed by atoms with Crippen molar-refractivity contribution >= 4 is 17.7 Å². The Bertz CT molecular complexity index is 332. The third-order valence-electron chi connectivity index (χ3n) is 2.38. The molecule has 0 aromatic rings. The Hall–Kier alpha value is -1.65. The summed E-state index contributed by atoms with van der Waals surface area (Å²) in [4.78, 5) is 33.0. The van der Waals surface area contributed by atoms with Gasteiger partial charge < -0.3 is 9.84 Å². The molecule has 0 spiro atoms. The zero-order chi connectivity index (χ0) is 14.1. The van der Waals surface area contributed by atoms with E-state index in [0.717, 1.165) is 0 Å². The van der Waals surface area contributed by atoms with Crippen molar-refractivity contribution in [3.05, 3.63) is 12.2 Å². The van der Waals surface area contributed by atoms with Crippen LogP contribution in [0.5, 0.6) is 0 Å². The standard InChI is InChI=1S/C13H20O5/c1-9(2)13(17)10(3)8-18-12(16)7-5-4-6-11(14)15/h10H,1,4-8H2,2-3H3,(H,14,15). The summed E-state index contributed by atoms with van der Waals surface area (Å²) in [5.41, 5.74) is 0.444. The molecule has 0 saturated carbocycles. The lowest BCUT2D eigenvalue weighted by Gasteiger charge is -2.10. The molecular formula is C13H20O5. The average Bonchev–Trinajstić information content (AvgIpc) is 2.30. The molecule has 0 aromatic carbocycles. The van der Waals surface area contributed by atoms with Crippen molar-refractivity contribution in [2.24, 2.45) is 5.92 Å². The molecule has 0 rings (SSSR count). The fraction of sp³-hybridized carbons (Fsp3) is 0.615. The first-order chi connectivity index (χ1) is 8.34. The second-order valence-corrected chi connectivity index (χ2v) is 4.33. The van der Waals surface area contributed by atoms with Gasteiger partial charge in [0.1, 0.15) is 6.61 Å². The van der Waals surface area contributed by atoms with Gasteiger partial charge in [-0.1, -0.05) is 13.5 Å². The largest absolute Gasteiger partial charge is 0.481 e. The molecule has 18 heavy (non-hydrogen) atoms. The highest BCUT2D eigenvalue weighted by molar-refractivity contribution is 5.95. The van der Waals surface area contributed by atoms with E-state index in [4.69, 9.17) is 9.84 Å². The van der Waals surface area contributed by atoms with Crippen LogP contribution < -0.4 is 0 Å². The molecule has 1 unspecified atom stereocenters. The van der Waals surface area contributed by atoms with E-state index in [1.807, 2.05) is 0 Å². The first-order valence-electron chi connectivity index (χ1n) is 5.91. The summed E-state index contributed by atoms with van der Waals surface area (Å²) in [5.74, 6) is -1.77. The Morgan fingerprint density at radius 3 is 2.28 bits per heavy atom. The van der Waals surface area contributed by atoms with Crippen LogP contribution in [-0.2, 0) is 19.1 Å². The summed E-state index contributed by atoms with van der Waals surface area (Å²) in [6.07, 6.45) is 1.16. The average molecular weight is 256 g/mol. The van der Waals surface area contributed by atoms with Gasteiger partial charge in [-0.2, -0.15) is 0 Å². The van der Waals surface area contributed by atoms with E-state index in [1.165, 1.54) is 0 Å². The molecule has 0 saturated heterocycles. The minimum absolute atomic E-state index is 0.0451. The number of ketones is 1. The van der Waals surface area contributed by atoms with E-state index in [1.54, 1.807) is 13.8 Å². The molecule has 1 N–H and O–H groups in total. The van der Waals surface area contributed by atoms with Crippen molar-refractivity contribution in [2.75, 3.05) is 6.61 Å². The number of carbonyl (C=O) groups excluding carboxylic acids is 2. The van der Waals surface area contributed by atoms with Crippen LogP contribution in [0.15, 0.2) is 12.2 Å². The van der Waals surface area contributed by atoms with Crippen LogP contribution in [0.3, 0.4) is 0 Å². The molecule has 0 bridgehead atoms. The summed E-state index contributed by atoms with van der Waals surface area (Å²) in [5, 5.41) is 8.41. The second-order valence-electron chi connectivity index (χ2n) is 4.33. The first-order valence-corrected chi connectivity index (χ1v) is 5.91. The van der Waals surface area contributed by atoms with E-state index in [0.29, 0.717) is 18.4 Å². The number of carboxylic acid groups (broad SMARTS) is 1. The first kappa shape index (κ1) is 16.4. The number of rotatable bonds is 9. The van der Waals surface area contributed by atoms with Crippen LogP contribution in [0, 0.1) is 5.92 Å². The van der Waals surface area contributed by atoms with Gasteiger partial charge in [-0.3, -0.25) is 14.4 Å². The van der Waals surface area contributed by atoms with Gasteiger partial charge in [0, 0.05) is 12.8 Å². The number of allylic oxidation sites excluding steroid dienone is 1. The predicted octanol–water partition coefficient (Wildman–Crippen LogP) is 1.96. The van der Waals surface area contributed by atoms with E-state index >= 15 is 0 Å². The van der Waals surface area contributed by atoms with Crippen LogP contribution in [0.1, 0.15) is 39.5 Å². The summed E-state index contributed by atoms with van der Waals surface area (Å²) in [6.45, 7) is 6.87. The lowest BCUT2D eigenvalue weighted by molar-refractivity contribution is -0.146. The Balaban J connectivity index is 3.73. The van der Waals surface area contributed by atoms with Gasteiger partial charge in [-0.25, -0.2) is 0 Å². The molecular weight excluding hydrogens is 236 g/mol. The number of hydrogen-bond donors (Lipinski definition) is 1. The van der Waals surface area contributed by atoms with Crippen molar-refractivity contribution in [1.82, 2.24) is 0 Å². The van der Waals surface area contributed by atoms with Crippen molar-refractivity contribution in [2.45, 2.75) is 39.5 Å². The minimum atomic E-state index is -0.871. The van der Waals surface area contributed by atoms with Gasteiger partial charge in [0.2, 0.25) is 0 Å². The topological polar surface area (TPSA) is 80.7 Å². The van der Waals surface area contributed by atoms with Crippen LogP contribution >= 0.6 is 0 Å². The Kier molecular flexibility index (Phi) is 7.67. The van der Waals surface area contributed by atoms with Gasteiger partial charge in [-0.15, -0.1) is 0 Å². The molecule has 0 heterocycles. The lowest BCUT2D eigenvalue weighted by atomic mass is 10.0. The predicted molar refractivity (Wildman–Crippen MR) is 66.0 cm³/mol. The normalized spacial score (nSPS) is 11.7. The summed E-state index contributed by atoms with van der Waals surface area (Å²) in [6, 6.07) is 0. The van der Waals surface area contributed by atoms with Crippen molar-refractivity contribution < 1.29 is 24.2 Å². The smallest absolute Gasteiger partial charge is 0.305 e. The van der Waals surface area contributed by atoms with E-state index < -0.39 is 11.9 Å².